The zero-order chi connectivity index (χ0) is 29.0. The van der Waals surface area contributed by atoms with Gasteiger partial charge in [-0.15, -0.1) is 0 Å². The van der Waals surface area contributed by atoms with Gasteiger partial charge in [-0.05, 0) is 64.2 Å². The van der Waals surface area contributed by atoms with Gasteiger partial charge in [0.2, 0.25) is 11.8 Å². The van der Waals surface area contributed by atoms with Crippen LogP contribution in [0.2, 0.25) is 0 Å². The van der Waals surface area contributed by atoms with Crippen LogP contribution in [0.1, 0.15) is 53.9 Å². The molecule has 3 aliphatic rings. The molecule has 1 saturated heterocycles. The number of fused-ring (bicyclic) bond motifs is 1. The van der Waals surface area contributed by atoms with Crippen LogP contribution in [0.15, 0.2) is 18.2 Å². The lowest BCUT2D eigenvalue weighted by Gasteiger charge is -2.39. The highest BCUT2D eigenvalue weighted by atomic mass is 16.5. The van der Waals surface area contributed by atoms with E-state index in [2.05, 4.69) is 24.5 Å². The molecular weight excluding hydrogens is 512 g/mol. The van der Waals surface area contributed by atoms with Crippen LogP contribution in [0.4, 0.5) is 11.4 Å². The van der Waals surface area contributed by atoms with Gasteiger partial charge in [0.15, 0.2) is 5.60 Å². The van der Waals surface area contributed by atoms with Crippen molar-refractivity contribution < 1.29 is 28.6 Å². The van der Waals surface area contributed by atoms with Crippen LogP contribution in [0.5, 0.6) is 5.75 Å². The molecule has 40 heavy (non-hydrogen) atoms. The number of anilines is 2. The Morgan fingerprint density at radius 3 is 2.60 bits per heavy atom. The van der Waals surface area contributed by atoms with Gasteiger partial charge in [-0.25, -0.2) is 0 Å². The molecule has 0 aromatic heterocycles. The lowest BCUT2D eigenvalue weighted by Crippen LogP contribution is -2.53. The Morgan fingerprint density at radius 2 is 1.95 bits per heavy atom. The maximum absolute atomic E-state index is 14.0. The van der Waals surface area contributed by atoms with Gasteiger partial charge in [0, 0.05) is 45.1 Å². The average molecular weight is 559 g/mol. The lowest BCUT2D eigenvalue weighted by atomic mass is 9.88. The summed E-state index contributed by atoms with van der Waals surface area (Å²) in [7, 11) is 1.63. The Morgan fingerprint density at radius 1 is 1.23 bits per heavy atom. The quantitative estimate of drug-likeness (QED) is 0.380. The van der Waals surface area contributed by atoms with Crippen LogP contribution in [0, 0.1) is 17.8 Å². The molecule has 0 radical (unpaired) electrons. The molecule has 0 spiro atoms. The second kappa shape index (κ2) is 12.9. The van der Waals surface area contributed by atoms with Crippen molar-refractivity contribution in [1.82, 2.24) is 10.6 Å². The van der Waals surface area contributed by atoms with Crippen molar-refractivity contribution in [2.45, 2.75) is 71.6 Å². The molecule has 3 amide bonds. The van der Waals surface area contributed by atoms with Crippen molar-refractivity contribution in [2.75, 3.05) is 56.4 Å². The summed E-state index contributed by atoms with van der Waals surface area (Å²) in [6, 6.07) is 5.68. The van der Waals surface area contributed by atoms with E-state index in [9.17, 15) is 14.4 Å². The van der Waals surface area contributed by atoms with Crippen molar-refractivity contribution in [3.63, 3.8) is 0 Å². The summed E-state index contributed by atoms with van der Waals surface area (Å²) >= 11 is 0. The van der Waals surface area contributed by atoms with Crippen LogP contribution >= 0.6 is 0 Å². The fourth-order valence-corrected chi connectivity index (χ4v) is 5.49. The first kappa shape index (κ1) is 30.3. The smallest absolute Gasteiger partial charge is 0.270 e. The maximum atomic E-state index is 14.0. The second-order valence-corrected chi connectivity index (χ2v) is 12.0. The van der Waals surface area contributed by atoms with Crippen LogP contribution in [0.25, 0.3) is 0 Å². The van der Waals surface area contributed by atoms with Crippen LogP contribution < -0.4 is 25.2 Å². The van der Waals surface area contributed by atoms with E-state index in [4.69, 9.17) is 14.2 Å². The Hall–Kier alpha value is -2.69. The number of methoxy groups -OCH3 is 1. The normalized spacial score (nSPS) is 22.9. The van der Waals surface area contributed by atoms with Crippen molar-refractivity contribution in [3.8, 4) is 5.75 Å². The average Bonchev–Trinajstić information content (AvgIpc) is 3.76. The SMILES string of the molecule is CCOCCN1C(=O)C(C)(C)Oc2ccc(N(C(=O)[C@H]3CNC[C@@H](C(=O)N[C@@H](COC)C(C)C)C3)C3CC3)cc21. The second-order valence-electron chi connectivity index (χ2n) is 12.0. The number of amides is 3. The van der Waals surface area contributed by atoms with Gasteiger partial charge >= 0.3 is 0 Å². The van der Waals surface area contributed by atoms with E-state index in [1.807, 2.05) is 30.0 Å². The van der Waals surface area contributed by atoms with Gasteiger partial charge in [0.05, 0.1) is 36.8 Å². The highest BCUT2D eigenvalue weighted by molar-refractivity contribution is 6.04. The van der Waals surface area contributed by atoms with Crippen LogP contribution in [-0.2, 0) is 23.9 Å². The first-order valence-corrected chi connectivity index (χ1v) is 14.6. The van der Waals surface area contributed by atoms with Crippen LogP contribution in [-0.4, -0.2) is 82.0 Å². The molecule has 0 bridgehead atoms. The highest BCUT2D eigenvalue weighted by Gasteiger charge is 2.43. The number of carbonyl (C=O) groups excluding carboxylic acids is 3. The van der Waals surface area contributed by atoms with E-state index < -0.39 is 5.60 Å². The Bertz CT molecular complexity index is 1070. The molecule has 2 heterocycles. The maximum Gasteiger partial charge on any atom is 0.270 e. The van der Waals surface area contributed by atoms with Gasteiger partial charge in [-0.2, -0.15) is 0 Å². The number of nitrogens with one attached hydrogen (secondary N) is 2. The van der Waals surface area contributed by atoms with E-state index in [-0.39, 0.29) is 47.6 Å². The third kappa shape index (κ3) is 6.78. The van der Waals surface area contributed by atoms with Crippen molar-refractivity contribution in [3.05, 3.63) is 18.2 Å². The lowest BCUT2D eigenvalue weighted by molar-refractivity contribution is -0.133. The summed E-state index contributed by atoms with van der Waals surface area (Å²) in [5, 5.41) is 6.44. The van der Waals surface area contributed by atoms with Crippen LogP contribution in [0.3, 0.4) is 0 Å². The van der Waals surface area contributed by atoms with Crippen molar-refractivity contribution in [1.29, 1.82) is 0 Å². The number of hydrogen-bond donors (Lipinski definition) is 2. The minimum atomic E-state index is -0.992. The summed E-state index contributed by atoms with van der Waals surface area (Å²) in [4.78, 5) is 44.0. The van der Waals surface area contributed by atoms with E-state index in [0.717, 1.165) is 18.5 Å². The van der Waals surface area contributed by atoms with E-state index >= 15 is 0 Å². The van der Waals surface area contributed by atoms with Gasteiger partial charge in [-0.3, -0.25) is 14.4 Å². The monoisotopic (exact) mass is 558 g/mol. The number of rotatable bonds is 12. The number of piperidine rings is 1. The van der Waals surface area contributed by atoms with Crippen molar-refractivity contribution in [2.24, 2.45) is 17.8 Å². The Labute approximate surface area is 238 Å². The van der Waals surface area contributed by atoms with Gasteiger partial charge in [-0.1, -0.05) is 13.8 Å². The van der Waals surface area contributed by atoms with Gasteiger partial charge < -0.3 is 34.6 Å². The molecule has 2 fully saturated rings. The molecule has 2 aliphatic heterocycles. The molecule has 3 atom stereocenters. The highest BCUT2D eigenvalue weighted by Crippen LogP contribution is 2.42. The number of carbonyl (C=O) groups is 3. The fraction of sp³-hybridized carbons (Fsp3) is 0.700. The summed E-state index contributed by atoms with van der Waals surface area (Å²) in [6.45, 7) is 12.5. The largest absolute Gasteiger partial charge is 0.476 e. The molecule has 1 aromatic rings. The van der Waals surface area contributed by atoms with Gasteiger partial charge in [0.25, 0.3) is 5.91 Å². The summed E-state index contributed by atoms with van der Waals surface area (Å²) in [5.41, 5.74) is 0.403. The first-order valence-electron chi connectivity index (χ1n) is 14.6. The topological polar surface area (TPSA) is 109 Å². The summed E-state index contributed by atoms with van der Waals surface area (Å²) < 4.78 is 16.9. The molecular formula is C30H46N4O6. The standard InChI is InChI=1S/C30H46N4O6/c1-7-39-13-12-33-25-15-23(10-11-26(25)40-30(4,5)29(33)37)34(22-8-9-22)28(36)21-14-20(16-31-17-21)27(35)32-24(18-38-6)19(2)3/h10-11,15,19-22,24,31H,7-9,12-14,16-18H2,1-6H3,(H,32,35)/t20-,21+,24-/m0/s1. The first-order chi connectivity index (χ1) is 19.1. The molecule has 1 aromatic carbocycles. The Kier molecular flexibility index (Phi) is 9.74. The fourth-order valence-electron chi connectivity index (χ4n) is 5.49. The summed E-state index contributed by atoms with van der Waals surface area (Å²) in [6.07, 6.45) is 2.34. The number of hydrogen-bond acceptors (Lipinski definition) is 7. The van der Waals surface area contributed by atoms with E-state index in [0.29, 0.717) is 57.3 Å². The number of benzene rings is 1. The molecule has 2 N–H and O–H groups in total. The van der Waals surface area contributed by atoms with Crippen molar-refractivity contribution >= 4 is 29.1 Å². The third-order valence-electron chi connectivity index (χ3n) is 8.00. The number of ether oxygens (including phenoxy) is 3. The predicted octanol–water partition coefficient (Wildman–Crippen LogP) is 2.74. The molecule has 1 aliphatic carbocycles. The number of nitrogens with zero attached hydrogens (tertiary/aromatic N) is 2. The molecule has 10 heteroatoms. The zero-order valence-corrected chi connectivity index (χ0v) is 24.8. The molecule has 10 nitrogen and oxygen atoms in total. The molecule has 222 valence electrons. The molecule has 1 saturated carbocycles. The minimum Gasteiger partial charge on any atom is -0.476 e. The Balaban J connectivity index is 1.53. The molecule has 0 unspecified atom stereocenters. The van der Waals surface area contributed by atoms with E-state index in [1.54, 1.807) is 25.9 Å². The third-order valence-corrected chi connectivity index (χ3v) is 8.00. The summed E-state index contributed by atoms with van der Waals surface area (Å²) in [5.74, 6) is 0.0469. The molecule has 4 rings (SSSR count). The zero-order valence-electron chi connectivity index (χ0n) is 24.8. The minimum absolute atomic E-state index is 0.00833. The van der Waals surface area contributed by atoms with E-state index in [1.165, 1.54) is 0 Å². The van der Waals surface area contributed by atoms with Gasteiger partial charge in [0.1, 0.15) is 5.75 Å². The predicted molar refractivity (Wildman–Crippen MR) is 154 cm³/mol.